The fourth-order valence-corrected chi connectivity index (χ4v) is 2.80. The second-order valence-corrected chi connectivity index (χ2v) is 6.38. The van der Waals surface area contributed by atoms with E-state index < -0.39 is 5.97 Å². The van der Waals surface area contributed by atoms with Crippen LogP contribution in [0.5, 0.6) is 0 Å². The minimum Gasteiger partial charge on any atom is -0.453 e. The SMILES string of the molecule is Cc1cc(C)c(C(=O)COC(=O)c2cncn2-c2ccc(F)cc2)cc1C. The third-order valence-corrected chi connectivity index (χ3v) is 4.43. The van der Waals surface area contributed by atoms with Crippen molar-refractivity contribution >= 4 is 11.8 Å². The van der Waals surface area contributed by atoms with Crippen molar-refractivity contribution in [2.24, 2.45) is 0 Å². The summed E-state index contributed by atoms with van der Waals surface area (Å²) in [6.07, 6.45) is 2.77. The lowest BCUT2D eigenvalue weighted by molar-refractivity contribution is 0.0466. The minimum absolute atomic E-state index is 0.159. The molecule has 27 heavy (non-hydrogen) atoms. The fourth-order valence-electron chi connectivity index (χ4n) is 2.80. The van der Waals surface area contributed by atoms with Crippen LogP contribution in [0.4, 0.5) is 4.39 Å². The zero-order chi connectivity index (χ0) is 19.6. The average molecular weight is 366 g/mol. The van der Waals surface area contributed by atoms with Gasteiger partial charge in [0.2, 0.25) is 5.78 Å². The highest BCUT2D eigenvalue weighted by atomic mass is 19.1. The molecule has 5 nitrogen and oxygen atoms in total. The topological polar surface area (TPSA) is 61.2 Å². The molecule has 3 aromatic rings. The van der Waals surface area contributed by atoms with Gasteiger partial charge in [0.15, 0.2) is 12.3 Å². The first kappa shape index (κ1) is 18.5. The molecule has 0 radical (unpaired) electrons. The van der Waals surface area contributed by atoms with Gasteiger partial charge in [-0.05, 0) is 67.8 Å². The van der Waals surface area contributed by atoms with E-state index in [1.165, 1.54) is 41.4 Å². The van der Waals surface area contributed by atoms with E-state index in [0.29, 0.717) is 11.3 Å². The molecule has 0 fully saturated rings. The van der Waals surface area contributed by atoms with Gasteiger partial charge in [0.1, 0.15) is 5.82 Å². The maximum atomic E-state index is 13.1. The van der Waals surface area contributed by atoms with E-state index in [4.69, 9.17) is 4.74 Å². The second-order valence-electron chi connectivity index (χ2n) is 6.38. The van der Waals surface area contributed by atoms with Crippen LogP contribution in [-0.4, -0.2) is 27.9 Å². The zero-order valence-electron chi connectivity index (χ0n) is 15.3. The molecule has 0 unspecified atom stereocenters. The molecule has 1 heterocycles. The van der Waals surface area contributed by atoms with Gasteiger partial charge in [0.05, 0.1) is 12.5 Å². The molecule has 6 heteroatoms. The van der Waals surface area contributed by atoms with Crippen molar-refractivity contribution < 1.29 is 18.7 Å². The summed E-state index contributed by atoms with van der Waals surface area (Å²) in [5.41, 5.74) is 4.21. The molecule has 0 amide bonds. The molecule has 0 atom stereocenters. The summed E-state index contributed by atoms with van der Waals surface area (Å²) >= 11 is 0. The predicted octanol–water partition coefficient (Wildman–Crippen LogP) is 3.98. The Morgan fingerprint density at radius 2 is 1.70 bits per heavy atom. The molecular weight excluding hydrogens is 347 g/mol. The first-order valence-corrected chi connectivity index (χ1v) is 8.43. The van der Waals surface area contributed by atoms with Crippen LogP contribution in [0.2, 0.25) is 0 Å². The molecule has 0 saturated heterocycles. The van der Waals surface area contributed by atoms with E-state index in [9.17, 15) is 14.0 Å². The smallest absolute Gasteiger partial charge is 0.357 e. The summed E-state index contributed by atoms with van der Waals surface area (Å²) in [5.74, 6) is -1.32. The Kier molecular flexibility index (Phi) is 5.16. The number of esters is 1. The van der Waals surface area contributed by atoms with Crippen LogP contribution in [0.25, 0.3) is 5.69 Å². The van der Waals surface area contributed by atoms with Crippen LogP contribution in [0, 0.1) is 26.6 Å². The number of hydrogen-bond donors (Lipinski definition) is 0. The Bertz CT molecular complexity index is 1010. The highest BCUT2D eigenvalue weighted by Crippen LogP contribution is 2.17. The third kappa shape index (κ3) is 3.95. The van der Waals surface area contributed by atoms with Crippen LogP contribution in [0.3, 0.4) is 0 Å². The molecule has 0 spiro atoms. The van der Waals surface area contributed by atoms with Crippen molar-refractivity contribution in [3.05, 3.63) is 82.7 Å². The summed E-state index contributed by atoms with van der Waals surface area (Å²) in [4.78, 5) is 28.8. The average Bonchev–Trinajstić information content (AvgIpc) is 3.13. The Hall–Kier alpha value is -3.28. The van der Waals surface area contributed by atoms with Crippen molar-refractivity contribution in [2.75, 3.05) is 6.61 Å². The summed E-state index contributed by atoms with van der Waals surface area (Å²) in [7, 11) is 0. The number of Topliss-reactive ketones (excluding diaryl/α,β-unsaturated/α-hetero) is 1. The van der Waals surface area contributed by atoms with E-state index in [1.54, 1.807) is 0 Å². The normalized spacial score (nSPS) is 10.7. The summed E-state index contributed by atoms with van der Waals surface area (Å²) in [5, 5.41) is 0. The number of aromatic nitrogens is 2. The summed E-state index contributed by atoms with van der Waals surface area (Å²) < 4.78 is 19.8. The first-order chi connectivity index (χ1) is 12.9. The van der Waals surface area contributed by atoms with E-state index in [0.717, 1.165) is 16.7 Å². The summed E-state index contributed by atoms with van der Waals surface area (Å²) in [6, 6.07) is 9.37. The van der Waals surface area contributed by atoms with Gasteiger partial charge in [-0.1, -0.05) is 6.07 Å². The number of ether oxygens (including phenoxy) is 1. The van der Waals surface area contributed by atoms with Gasteiger partial charge in [0, 0.05) is 11.3 Å². The fraction of sp³-hybridized carbons (Fsp3) is 0.190. The largest absolute Gasteiger partial charge is 0.453 e. The number of imidazole rings is 1. The lowest BCUT2D eigenvalue weighted by Gasteiger charge is -2.10. The Labute approximate surface area is 156 Å². The van der Waals surface area contributed by atoms with E-state index in [-0.39, 0.29) is 23.9 Å². The lowest BCUT2D eigenvalue weighted by atomic mass is 9.98. The van der Waals surface area contributed by atoms with Gasteiger partial charge in [-0.3, -0.25) is 9.36 Å². The molecule has 0 aliphatic rings. The van der Waals surface area contributed by atoms with Crippen LogP contribution in [0.15, 0.2) is 48.9 Å². The van der Waals surface area contributed by atoms with Gasteiger partial charge in [0.25, 0.3) is 0 Å². The zero-order valence-corrected chi connectivity index (χ0v) is 15.3. The number of carbonyl (C=O) groups is 2. The Morgan fingerprint density at radius 1 is 1.04 bits per heavy atom. The predicted molar refractivity (Wildman–Crippen MR) is 98.8 cm³/mol. The van der Waals surface area contributed by atoms with Crippen LogP contribution >= 0.6 is 0 Å². The molecule has 0 aliphatic heterocycles. The molecular formula is C21H19FN2O3. The molecule has 138 valence electrons. The Morgan fingerprint density at radius 3 is 2.41 bits per heavy atom. The van der Waals surface area contributed by atoms with Crippen LogP contribution in [-0.2, 0) is 4.74 Å². The van der Waals surface area contributed by atoms with Gasteiger partial charge < -0.3 is 4.74 Å². The van der Waals surface area contributed by atoms with Crippen LogP contribution < -0.4 is 0 Å². The highest BCUT2D eigenvalue weighted by molar-refractivity contribution is 6.00. The minimum atomic E-state index is -0.674. The van der Waals surface area contributed by atoms with E-state index >= 15 is 0 Å². The maximum absolute atomic E-state index is 13.1. The van der Waals surface area contributed by atoms with E-state index in [2.05, 4.69) is 4.98 Å². The number of rotatable bonds is 5. The van der Waals surface area contributed by atoms with Gasteiger partial charge in [-0.25, -0.2) is 14.2 Å². The monoisotopic (exact) mass is 366 g/mol. The second kappa shape index (κ2) is 7.53. The molecule has 2 aromatic carbocycles. The molecule has 1 aromatic heterocycles. The number of benzene rings is 2. The van der Waals surface area contributed by atoms with Crippen molar-refractivity contribution in [3.8, 4) is 5.69 Å². The van der Waals surface area contributed by atoms with E-state index in [1.807, 2.05) is 32.9 Å². The number of aryl methyl sites for hydroxylation is 3. The maximum Gasteiger partial charge on any atom is 0.357 e. The van der Waals surface area contributed by atoms with Crippen molar-refractivity contribution in [1.82, 2.24) is 9.55 Å². The quantitative estimate of drug-likeness (QED) is 0.506. The molecule has 0 bridgehead atoms. The summed E-state index contributed by atoms with van der Waals surface area (Å²) in [6.45, 7) is 5.40. The number of halogens is 1. The number of nitrogens with zero attached hydrogens (tertiary/aromatic N) is 2. The van der Waals surface area contributed by atoms with Gasteiger partial charge in [-0.2, -0.15) is 0 Å². The number of carbonyl (C=O) groups excluding carboxylic acids is 2. The highest BCUT2D eigenvalue weighted by Gasteiger charge is 2.18. The molecule has 0 saturated carbocycles. The number of ketones is 1. The van der Waals surface area contributed by atoms with Crippen molar-refractivity contribution in [3.63, 3.8) is 0 Å². The molecule has 0 N–H and O–H groups in total. The van der Waals surface area contributed by atoms with Crippen LogP contribution in [0.1, 0.15) is 37.5 Å². The van der Waals surface area contributed by atoms with Crippen molar-refractivity contribution in [2.45, 2.75) is 20.8 Å². The Balaban J connectivity index is 1.74. The third-order valence-electron chi connectivity index (χ3n) is 4.43. The van der Waals surface area contributed by atoms with Gasteiger partial charge in [-0.15, -0.1) is 0 Å². The molecule has 3 rings (SSSR count). The standard InChI is InChI=1S/C21H19FN2O3/c1-13-8-15(3)18(9-14(13)2)20(25)11-27-21(26)19-10-23-12-24(19)17-6-4-16(22)5-7-17/h4-10,12H,11H2,1-3H3. The number of hydrogen-bond acceptors (Lipinski definition) is 4. The lowest BCUT2D eigenvalue weighted by Crippen LogP contribution is -2.17. The van der Waals surface area contributed by atoms with Gasteiger partial charge >= 0.3 is 5.97 Å². The first-order valence-electron chi connectivity index (χ1n) is 8.43. The van der Waals surface area contributed by atoms with Crippen molar-refractivity contribution in [1.29, 1.82) is 0 Å². The molecule has 0 aliphatic carbocycles.